The van der Waals surface area contributed by atoms with E-state index >= 15 is 0 Å². The first-order chi connectivity index (χ1) is 10.3. The Bertz CT molecular complexity index is 737. The molecular formula is C16H15BrN4. The summed E-state index contributed by atoms with van der Waals surface area (Å²) in [6, 6.07) is 14.1. The molecule has 1 unspecified atom stereocenters. The van der Waals surface area contributed by atoms with Gasteiger partial charge in [-0.3, -0.25) is 21.2 Å². The molecule has 0 spiro atoms. The highest BCUT2D eigenvalue weighted by Gasteiger charge is 2.14. The molecule has 0 aliphatic carbocycles. The lowest BCUT2D eigenvalue weighted by atomic mass is 9.98. The molecule has 0 amide bonds. The number of nitrogens with two attached hydrogens (primary N) is 1. The van der Waals surface area contributed by atoms with Gasteiger partial charge in [0.25, 0.3) is 0 Å². The number of aromatic nitrogens is 2. The third kappa shape index (κ3) is 3.10. The largest absolute Gasteiger partial charge is 0.271 e. The van der Waals surface area contributed by atoms with Crippen LogP contribution in [0.2, 0.25) is 0 Å². The fourth-order valence-corrected chi connectivity index (χ4v) is 2.66. The Kier molecular flexibility index (Phi) is 4.24. The minimum atomic E-state index is -0.00780. The van der Waals surface area contributed by atoms with Crippen molar-refractivity contribution in [3.05, 3.63) is 70.6 Å². The smallest absolute Gasteiger partial charge is 0.0705 e. The Morgan fingerprint density at radius 1 is 1.10 bits per heavy atom. The monoisotopic (exact) mass is 342 g/mol. The van der Waals surface area contributed by atoms with Gasteiger partial charge < -0.3 is 0 Å². The number of rotatable bonds is 4. The number of pyridine rings is 2. The lowest BCUT2D eigenvalue weighted by Gasteiger charge is -2.18. The van der Waals surface area contributed by atoms with Crippen molar-refractivity contribution in [3.8, 4) is 0 Å². The molecule has 3 N–H and O–H groups in total. The van der Waals surface area contributed by atoms with Crippen LogP contribution in [0.3, 0.4) is 0 Å². The maximum Gasteiger partial charge on any atom is 0.0705 e. The maximum atomic E-state index is 5.77. The lowest BCUT2D eigenvalue weighted by Crippen LogP contribution is -2.30. The summed E-state index contributed by atoms with van der Waals surface area (Å²) >= 11 is 3.40. The second-order valence-corrected chi connectivity index (χ2v) is 5.72. The molecule has 3 rings (SSSR count). The van der Waals surface area contributed by atoms with Crippen LogP contribution in [0, 0.1) is 0 Å². The van der Waals surface area contributed by atoms with Crippen molar-refractivity contribution in [1.29, 1.82) is 0 Å². The van der Waals surface area contributed by atoms with Crippen molar-refractivity contribution in [3.63, 3.8) is 0 Å². The number of nitrogens with one attached hydrogen (secondary N) is 1. The Morgan fingerprint density at radius 2 is 2.00 bits per heavy atom. The van der Waals surface area contributed by atoms with Gasteiger partial charge in [0, 0.05) is 34.4 Å². The first kappa shape index (κ1) is 14.1. The van der Waals surface area contributed by atoms with Gasteiger partial charge in [-0.15, -0.1) is 0 Å². The molecular weight excluding hydrogens is 328 g/mol. The number of hydrogen-bond donors (Lipinski definition) is 2. The fourth-order valence-electron chi connectivity index (χ4n) is 2.43. The number of halogens is 1. The maximum absolute atomic E-state index is 5.77. The molecule has 0 saturated carbocycles. The Labute approximate surface area is 131 Å². The highest BCUT2D eigenvalue weighted by Crippen LogP contribution is 2.25. The second kappa shape index (κ2) is 6.30. The van der Waals surface area contributed by atoms with E-state index < -0.39 is 0 Å². The van der Waals surface area contributed by atoms with Crippen molar-refractivity contribution >= 4 is 26.8 Å². The van der Waals surface area contributed by atoms with E-state index in [1.807, 2.05) is 30.3 Å². The van der Waals surface area contributed by atoms with E-state index in [-0.39, 0.29) is 6.04 Å². The van der Waals surface area contributed by atoms with Gasteiger partial charge in [-0.1, -0.05) is 18.2 Å². The van der Waals surface area contributed by atoms with Crippen LogP contribution < -0.4 is 11.3 Å². The molecule has 2 aromatic heterocycles. The first-order valence-electron chi connectivity index (χ1n) is 6.68. The Hall–Kier alpha value is -1.82. The summed E-state index contributed by atoms with van der Waals surface area (Å²) in [6.45, 7) is 0. The van der Waals surface area contributed by atoms with Crippen LogP contribution in [0.5, 0.6) is 0 Å². The summed E-state index contributed by atoms with van der Waals surface area (Å²) in [5.41, 5.74) is 5.99. The molecule has 0 bridgehead atoms. The zero-order chi connectivity index (χ0) is 14.7. The molecule has 3 aromatic rings. The van der Waals surface area contributed by atoms with Gasteiger partial charge in [-0.2, -0.15) is 0 Å². The van der Waals surface area contributed by atoms with Crippen molar-refractivity contribution in [2.24, 2.45) is 5.84 Å². The molecule has 0 aliphatic heterocycles. The molecule has 0 aliphatic rings. The van der Waals surface area contributed by atoms with Crippen LogP contribution in [-0.4, -0.2) is 9.97 Å². The van der Waals surface area contributed by atoms with Gasteiger partial charge >= 0.3 is 0 Å². The standard InChI is InChI=1S/C16H15BrN4/c17-11-6-7-12(20-10-11)9-16(21-18)14-3-1-5-15-13(14)4-2-8-19-15/h1-8,10,16,21H,9,18H2. The Balaban J connectivity index is 1.96. The Morgan fingerprint density at radius 3 is 2.76 bits per heavy atom. The van der Waals surface area contributed by atoms with Crippen LogP contribution in [-0.2, 0) is 6.42 Å². The van der Waals surface area contributed by atoms with Gasteiger partial charge in [-0.05, 0) is 45.8 Å². The molecule has 0 radical (unpaired) electrons. The number of benzene rings is 1. The van der Waals surface area contributed by atoms with Crippen molar-refractivity contribution in [2.45, 2.75) is 12.5 Å². The number of hydrazine groups is 1. The van der Waals surface area contributed by atoms with Crippen LogP contribution in [0.15, 0.2) is 59.3 Å². The molecule has 0 saturated heterocycles. The van der Waals surface area contributed by atoms with Gasteiger partial charge in [-0.25, -0.2) is 0 Å². The predicted molar refractivity (Wildman–Crippen MR) is 87.4 cm³/mol. The molecule has 2 heterocycles. The highest BCUT2D eigenvalue weighted by molar-refractivity contribution is 9.10. The van der Waals surface area contributed by atoms with E-state index in [0.717, 1.165) is 33.1 Å². The summed E-state index contributed by atoms with van der Waals surface area (Å²) < 4.78 is 0.970. The van der Waals surface area contributed by atoms with Gasteiger partial charge in [0.15, 0.2) is 0 Å². The molecule has 0 fully saturated rings. The van der Waals surface area contributed by atoms with Crippen molar-refractivity contribution < 1.29 is 0 Å². The number of fused-ring (bicyclic) bond motifs is 1. The predicted octanol–water partition coefficient (Wildman–Crippen LogP) is 3.14. The fraction of sp³-hybridized carbons (Fsp3) is 0.125. The van der Waals surface area contributed by atoms with Crippen LogP contribution in [0.4, 0.5) is 0 Å². The molecule has 1 atom stereocenters. The average Bonchev–Trinajstić information content (AvgIpc) is 2.54. The highest BCUT2D eigenvalue weighted by atomic mass is 79.9. The third-order valence-corrected chi connectivity index (χ3v) is 3.93. The van der Waals surface area contributed by atoms with E-state index in [0.29, 0.717) is 0 Å². The van der Waals surface area contributed by atoms with E-state index in [1.54, 1.807) is 12.4 Å². The van der Waals surface area contributed by atoms with E-state index in [9.17, 15) is 0 Å². The van der Waals surface area contributed by atoms with Crippen LogP contribution in [0.1, 0.15) is 17.3 Å². The van der Waals surface area contributed by atoms with Gasteiger partial charge in [0.05, 0.1) is 11.6 Å². The normalized spacial score (nSPS) is 12.5. The zero-order valence-electron chi connectivity index (χ0n) is 11.3. The van der Waals surface area contributed by atoms with Crippen LogP contribution >= 0.6 is 15.9 Å². The topological polar surface area (TPSA) is 63.8 Å². The molecule has 5 heteroatoms. The van der Waals surface area contributed by atoms with Crippen molar-refractivity contribution in [1.82, 2.24) is 15.4 Å². The van der Waals surface area contributed by atoms with E-state index in [2.05, 4.69) is 43.5 Å². The van der Waals surface area contributed by atoms with E-state index in [4.69, 9.17) is 5.84 Å². The lowest BCUT2D eigenvalue weighted by molar-refractivity contribution is 0.549. The summed E-state index contributed by atoms with van der Waals surface area (Å²) in [4.78, 5) is 8.80. The first-order valence-corrected chi connectivity index (χ1v) is 7.47. The van der Waals surface area contributed by atoms with Gasteiger partial charge in [0.2, 0.25) is 0 Å². The minimum Gasteiger partial charge on any atom is -0.271 e. The summed E-state index contributed by atoms with van der Waals surface area (Å²) in [5, 5.41) is 1.11. The van der Waals surface area contributed by atoms with Crippen molar-refractivity contribution in [2.75, 3.05) is 0 Å². The quantitative estimate of drug-likeness (QED) is 0.564. The SMILES string of the molecule is NNC(Cc1ccc(Br)cn1)c1cccc2ncccc12. The molecule has 106 valence electrons. The minimum absolute atomic E-state index is 0.00780. The average molecular weight is 343 g/mol. The number of hydrogen-bond acceptors (Lipinski definition) is 4. The van der Waals surface area contributed by atoms with Gasteiger partial charge in [0.1, 0.15) is 0 Å². The summed E-state index contributed by atoms with van der Waals surface area (Å²) in [5.74, 6) is 5.77. The van der Waals surface area contributed by atoms with E-state index in [1.165, 1.54) is 0 Å². The summed E-state index contributed by atoms with van der Waals surface area (Å²) in [7, 11) is 0. The molecule has 21 heavy (non-hydrogen) atoms. The molecule has 1 aromatic carbocycles. The number of nitrogens with zero attached hydrogens (tertiary/aromatic N) is 2. The van der Waals surface area contributed by atoms with Crippen LogP contribution in [0.25, 0.3) is 10.9 Å². The zero-order valence-corrected chi connectivity index (χ0v) is 12.9. The molecule has 4 nitrogen and oxygen atoms in total. The third-order valence-electron chi connectivity index (χ3n) is 3.46. The summed E-state index contributed by atoms with van der Waals surface area (Å²) in [6.07, 6.45) is 4.32. The second-order valence-electron chi connectivity index (χ2n) is 4.81.